The third-order valence-corrected chi connectivity index (χ3v) is 7.62. The minimum atomic E-state index is -0.630. The molecule has 3 aromatic carbocycles. The zero-order chi connectivity index (χ0) is 25.9. The molecule has 37 heavy (non-hydrogen) atoms. The first kappa shape index (κ1) is 25.0. The summed E-state index contributed by atoms with van der Waals surface area (Å²) in [7, 11) is 1.54. The number of halogens is 1. The van der Waals surface area contributed by atoms with Gasteiger partial charge in [-0.05, 0) is 42.3 Å². The number of benzene rings is 3. The molecule has 5 rings (SSSR count). The Morgan fingerprint density at radius 1 is 1.11 bits per heavy atom. The molecule has 2 aliphatic rings. The van der Waals surface area contributed by atoms with Crippen molar-refractivity contribution in [2.45, 2.75) is 31.1 Å². The number of amides is 2. The highest BCUT2D eigenvalue weighted by Crippen LogP contribution is 2.39. The molecule has 7 nitrogen and oxygen atoms in total. The summed E-state index contributed by atoms with van der Waals surface area (Å²) in [5, 5.41) is 10.0. The molecule has 1 N–H and O–H groups in total. The number of nitrogens with one attached hydrogen (secondary N) is 1. The fourth-order valence-electron chi connectivity index (χ4n) is 4.27. The Morgan fingerprint density at radius 3 is 2.57 bits per heavy atom. The molecule has 188 valence electrons. The number of aryl methyl sites for hydroxylation is 1. The molecular formula is C28H25ClN4O3S. The largest absolute Gasteiger partial charge is 0.495 e. The molecule has 2 aliphatic heterocycles. The van der Waals surface area contributed by atoms with Gasteiger partial charge in [0.25, 0.3) is 5.91 Å². The van der Waals surface area contributed by atoms with Gasteiger partial charge in [-0.25, -0.2) is 5.01 Å². The van der Waals surface area contributed by atoms with Gasteiger partial charge in [0, 0.05) is 17.9 Å². The summed E-state index contributed by atoms with van der Waals surface area (Å²) in [4.78, 5) is 29.9. The molecule has 0 unspecified atom stereocenters. The van der Waals surface area contributed by atoms with Crippen LogP contribution in [-0.4, -0.2) is 40.1 Å². The van der Waals surface area contributed by atoms with Gasteiger partial charge in [0.1, 0.15) is 11.0 Å². The van der Waals surface area contributed by atoms with Crippen molar-refractivity contribution in [1.29, 1.82) is 0 Å². The molecule has 0 radical (unpaired) electrons. The molecule has 2 atom stereocenters. The van der Waals surface area contributed by atoms with Gasteiger partial charge < -0.3 is 10.1 Å². The van der Waals surface area contributed by atoms with Crippen molar-refractivity contribution in [3.63, 3.8) is 0 Å². The van der Waals surface area contributed by atoms with Crippen LogP contribution in [0.1, 0.15) is 35.6 Å². The first-order chi connectivity index (χ1) is 17.9. The van der Waals surface area contributed by atoms with Crippen LogP contribution in [0.4, 0.5) is 5.69 Å². The number of anilines is 1. The van der Waals surface area contributed by atoms with Gasteiger partial charge >= 0.3 is 0 Å². The zero-order valence-electron chi connectivity index (χ0n) is 20.3. The van der Waals surface area contributed by atoms with E-state index in [0.717, 1.165) is 16.8 Å². The molecule has 0 spiro atoms. The summed E-state index contributed by atoms with van der Waals surface area (Å²) >= 11 is 7.39. The van der Waals surface area contributed by atoms with E-state index in [1.807, 2.05) is 43.3 Å². The topological polar surface area (TPSA) is 83.4 Å². The van der Waals surface area contributed by atoms with Crippen LogP contribution in [-0.2, 0) is 9.59 Å². The predicted molar refractivity (Wildman–Crippen MR) is 148 cm³/mol. The van der Waals surface area contributed by atoms with Crippen LogP contribution in [0, 0.1) is 6.92 Å². The zero-order valence-corrected chi connectivity index (χ0v) is 21.9. The van der Waals surface area contributed by atoms with E-state index in [2.05, 4.69) is 34.6 Å². The Bertz CT molecular complexity index is 1390. The molecule has 0 fully saturated rings. The summed E-state index contributed by atoms with van der Waals surface area (Å²) in [5.41, 5.74) is 4.68. The second kappa shape index (κ2) is 10.8. The van der Waals surface area contributed by atoms with E-state index in [0.29, 0.717) is 28.0 Å². The lowest BCUT2D eigenvalue weighted by atomic mass is 9.98. The van der Waals surface area contributed by atoms with Gasteiger partial charge in [0.15, 0.2) is 5.17 Å². The lowest BCUT2D eigenvalue weighted by Crippen LogP contribution is -2.25. The number of rotatable bonds is 6. The maximum atomic E-state index is 12.8. The maximum Gasteiger partial charge on any atom is 0.262 e. The van der Waals surface area contributed by atoms with Crippen LogP contribution in [0.2, 0.25) is 5.02 Å². The van der Waals surface area contributed by atoms with Crippen molar-refractivity contribution in [3.05, 3.63) is 94.5 Å². The maximum absolute atomic E-state index is 12.8. The van der Waals surface area contributed by atoms with Gasteiger partial charge in [-0.3, -0.25) is 9.59 Å². The van der Waals surface area contributed by atoms with Crippen molar-refractivity contribution in [2.24, 2.45) is 10.1 Å². The number of carbonyl (C=O) groups excluding carboxylic acids is 2. The summed E-state index contributed by atoms with van der Waals surface area (Å²) in [5.74, 6) is -0.0747. The van der Waals surface area contributed by atoms with E-state index in [9.17, 15) is 9.59 Å². The average molecular weight is 533 g/mol. The highest BCUT2D eigenvalue weighted by molar-refractivity contribution is 8.15. The number of hydrazone groups is 1. The van der Waals surface area contributed by atoms with Gasteiger partial charge in [-0.1, -0.05) is 77.5 Å². The van der Waals surface area contributed by atoms with Crippen molar-refractivity contribution in [3.8, 4) is 5.75 Å². The van der Waals surface area contributed by atoms with Crippen LogP contribution in [0.15, 0.2) is 82.9 Å². The number of aliphatic imine (C=N–C) groups is 1. The third kappa shape index (κ3) is 5.55. The van der Waals surface area contributed by atoms with E-state index in [1.165, 1.54) is 17.3 Å². The van der Waals surface area contributed by atoms with Crippen molar-refractivity contribution < 1.29 is 14.3 Å². The highest BCUT2D eigenvalue weighted by atomic mass is 35.5. The normalized spacial score (nSPS) is 19.0. The number of methoxy groups -OCH3 is 1. The summed E-state index contributed by atoms with van der Waals surface area (Å²) in [6.07, 6.45) is 0.639. The molecule has 3 aromatic rings. The molecule has 0 aromatic heterocycles. The van der Waals surface area contributed by atoms with Crippen molar-refractivity contribution in [2.75, 3.05) is 12.4 Å². The minimum absolute atomic E-state index is 0.0114. The highest BCUT2D eigenvalue weighted by Gasteiger charge is 2.39. The average Bonchev–Trinajstić information content (AvgIpc) is 3.49. The number of carbonyl (C=O) groups is 2. The second-order valence-electron chi connectivity index (χ2n) is 8.82. The van der Waals surface area contributed by atoms with Crippen LogP contribution in [0.25, 0.3) is 0 Å². The first-order valence-electron chi connectivity index (χ1n) is 11.8. The number of hydrogen-bond donors (Lipinski definition) is 1. The molecule has 2 amide bonds. The third-order valence-electron chi connectivity index (χ3n) is 6.23. The van der Waals surface area contributed by atoms with Gasteiger partial charge in [-0.2, -0.15) is 10.1 Å². The Balaban J connectivity index is 1.35. The molecular weight excluding hydrogens is 508 g/mol. The molecule has 0 bridgehead atoms. The van der Waals surface area contributed by atoms with Gasteiger partial charge in [0.2, 0.25) is 5.91 Å². The minimum Gasteiger partial charge on any atom is -0.495 e. The fourth-order valence-corrected chi connectivity index (χ4v) is 5.46. The van der Waals surface area contributed by atoms with E-state index in [4.69, 9.17) is 21.4 Å². The number of para-hydroxylation sites is 2. The van der Waals surface area contributed by atoms with Crippen LogP contribution < -0.4 is 10.1 Å². The van der Waals surface area contributed by atoms with E-state index < -0.39 is 5.25 Å². The molecule has 0 saturated carbocycles. The number of nitrogens with zero attached hydrogens (tertiary/aromatic N) is 3. The predicted octanol–water partition coefficient (Wildman–Crippen LogP) is 5.83. The van der Waals surface area contributed by atoms with Crippen LogP contribution >= 0.6 is 23.4 Å². The summed E-state index contributed by atoms with van der Waals surface area (Å²) in [6.45, 7) is 2.04. The van der Waals surface area contributed by atoms with E-state index >= 15 is 0 Å². The van der Waals surface area contributed by atoms with Crippen molar-refractivity contribution >= 4 is 51.7 Å². The molecule has 9 heteroatoms. The number of ether oxygens (including phenoxy) is 1. The van der Waals surface area contributed by atoms with Crippen molar-refractivity contribution in [1.82, 2.24) is 5.01 Å². The lowest BCUT2D eigenvalue weighted by Gasteiger charge is -2.23. The Hall–Kier alpha value is -3.62. The number of amidine groups is 1. The number of thioether (sulfide) groups is 1. The molecule has 0 aliphatic carbocycles. The Labute approximate surface area is 224 Å². The van der Waals surface area contributed by atoms with Crippen LogP contribution in [0.3, 0.4) is 0 Å². The quantitative estimate of drug-likeness (QED) is 0.431. The first-order valence-corrected chi connectivity index (χ1v) is 13.1. The van der Waals surface area contributed by atoms with E-state index in [-0.39, 0.29) is 24.3 Å². The smallest absolute Gasteiger partial charge is 0.262 e. The monoisotopic (exact) mass is 532 g/mol. The number of hydrogen-bond acceptors (Lipinski definition) is 6. The Morgan fingerprint density at radius 2 is 1.84 bits per heavy atom. The Kier molecular flexibility index (Phi) is 7.30. The van der Waals surface area contributed by atoms with Gasteiger partial charge in [-0.15, -0.1) is 0 Å². The fraction of sp³-hybridized carbons (Fsp3) is 0.214. The standard InChI is InChI=1S/C28H25ClN4O3S/c1-17-7-9-18(10-8-17)22-15-23(19-11-13-20(29)14-12-19)33(32-22)28-31-27(35)25(37-28)16-26(34)30-21-5-3-4-6-24(21)36-2/h3-14,23,25H,15-16H2,1-2H3,(H,30,34)/t23-,25+/m0/s1. The molecule has 2 heterocycles. The lowest BCUT2D eigenvalue weighted by molar-refractivity contribution is -0.121. The van der Waals surface area contributed by atoms with Crippen LogP contribution in [0.5, 0.6) is 5.75 Å². The molecule has 0 saturated heterocycles. The van der Waals surface area contributed by atoms with Gasteiger partial charge in [0.05, 0.1) is 24.6 Å². The SMILES string of the molecule is COc1ccccc1NC(=O)C[C@H]1SC(N2N=C(c3ccc(C)cc3)C[C@H]2c2ccc(Cl)cc2)=NC1=O. The summed E-state index contributed by atoms with van der Waals surface area (Å²) in [6, 6.07) is 22.8. The van der Waals surface area contributed by atoms with E-state index in [1.54, 1.807) is 24.3 Å². The second-order valence-corrected chi connectivity index (χ2v) is 10.4. The summed E-state index contributed by atoms with van der Waals surface area (Å²) < 4.78 is 5.30.